The third kappa shape index (κ3) is 2.62. The summed E-state index contributed by atoms with van der Waals surface area (Å²) < 4.78 is 0.998. The summed E-state index contributed by atoms with van der Waals surface area (Å²) in [4.78, 5) is 5.65. The Morgan fingerprint density at radius 2 is 2.38 bits per heavy atom. The maximum Gasteiger partial charge on any atom is 0.0990 e. The van der Waals surface area contributed by atoms with E-state index in [9.17, 15) is 0 Å². The predicted octanol–water partition coefficient (Wildman–Crippen LogP) is 4.33. The van der Waals surface area contributed by atoms with Crippen molar-refractivity contribution in [3.05, 3.63) is 31.5 Å². The summed E-state index contributed by atoms with van der Waals surface area (Å²) in [6, 6.07) is 0.0521. The monoisotopic (exact) mass is 340 g/mol. The second-order valence-corrected chi connectivity index (χ2v) is 5.93. The van der Waals surface area contributed by atoms with Crippen LogP contribution in [0.25, 0.3) is 0 Å². The van der Waals surface area contributed by atoms with Crippen molar-refractivity contribution >= 4 is 57.6 Å². The number of rotatable bonds is 2. The van der Waals surface area contributed by atoms with E-state index < -0.39 is 0 Å². The zero-order chi connectivity index (χ0) is 10.8. The Morgan fingerprint density at radius 1 is 1.62 bits per heavy atom. The molecule has 6 heteroatoms. The highest BCUT2D eigenvalue weighted by Gasteiger charge is 2.20. The van der Waals surface area contributed by atoms with Crippen molar-refractivity contribution in [1.82, 2.24) is 5.32 Å². The smallest absolute Gasteiger partial charge is 0.0990 e. The molecule has 1 atom stereocenters. The molecule has 2 nitrogen and oxygen atoms in total. The number of nitrogens with one attached hydrogen (secondary N) is 1. The van der Waals surface area contributed by atoms with E-state index >= 15 is 0 Å². The van der Waals surface area contributed by atoms with Crippen LogP contribution in [0, 0.1) is 0 Å². The average Bonchev–Trinajstić information content (AvgIpc) is 2.56. The van der Waals surface area contributed by atoms with Crippen molar-refractivity contribution in [3.8, 4) is 0 Å². The first kappa shape index (κ1) is 14.0. The summed E-state index contributed by atoms with van der Waals surface area (Å²) in [7, 11) is 0. The first-order chi connectivity index (χ1) is 7.24. The van der Waals surface area contributed by atoms with E-state index in [1.807, 2.05) is 12.3 Å². The molecule has 1 aromatic rings. The van der Waals surface area contributed by atoms with Gasteiger partial charge in [0.15, 0.2) is 0 Å². The SMILES string of the molecule is CCc1sc(Br)c(Cl)c1C1C=CNC=N1.Cl. The van der Waals surface area contributed by atoms with E-state index in [2.05, 4.69) is 33.2 Å². The van der Waals surface area contributed by atoms with E-state index in [-0.39, 0.29) is 18.4 Å². The number of hydrogen-bond donors (Lipinski definition) is 1. The van der Waals surface area contributed by atoms with Gasteiger partial charge in [-0.15, -0.1) is 23.7 Å². The highest BCUT2D eigenvalue weighted by Crippen LogP contribution is 2.42. The summed E-state index contributed by atoms with van der Waals surface area (Å²) in [5, 5.41) is 3.72. The Bertz CT molecular complexity index is 417. The molecule has 0 radical (unpaired) electrons. The van der Waals surface area contributed by atoms with Gasteiger partial charge in [-0.25, -0.2) is 0 Å². The van der Waals surface area contributed by atoms with Crippen LogP contribution in [-0.2, 0) is 6.42 Å². The molecule has 1 aromatic heterocycles. The van der Waals surface area contributed by atoms with E-state index in [1.54, 1.807) is 17.7 Å². The van der Waals surface area contributed by atoms with Crippen LogP contribution in [0.5, 0.6) is 0 Å². The van der Waals surface area contributed by atoms with E-state index in [0.717, 1.165) is 20.8 Å². The van der Waals surface area contributed by atoms with Crippen molar-refractivity contribution in [1.29, 1.82) is 0 Å². The van der Waals surface area contributed by atoms with Crippen LogP contribution >= 0.6 is 51.3 Å². The highest BCUT2D eigenvalue weighted by atomic mass is 79.9. The van der Waals surface area contributed by atoms with Crippen LogP contribution < -0.4 is 5.32 Å². The summed E-state index contributed by atoms with van der Waals surface area (Å²) >= 11 is 11.4. The molecule has 1 aliphatic rings. The van der Waals surface area contributed by atoms with Gasteiger partial charge < -0.3 is 5.32 Å². The number of thiophene rings is 1. The van der Waals surface area contributed by atoms with Crippen LogP contribution in [0.15, 0.2) is 21.1 Å². The van der Waals surface area contributed by atoms with Crippen LogP contribution in [-0.4, -0.2) is 6.34 Å². The van der Waals surface area contributed by atoms with Gasteiger partial charge in [-0.05, 0) is 28.4 Å². The molecular formula is C10H11BrCl2N2S. The Labute approximate surface area is 118 Å². The molecule has 0 fully saturated rings. The fourth-order valence-corrected chi connectivity index (χ4v) is 3.62. The molecule has 0 aliphatic carbocycles. The molecule has 88 valence electrons. The van der Waals surface area contributed by atoms with Crippen molar-refractivity contribution in [2.45, 2.75) is 19.4 Å². The van der Waals surface area contributed by atoms with Crippen molar-refractivity contribution in [3.63, 3.8) is 0 Å². The molecule has 0 saturated carbocycles. The van der Waals surface area contributed by atoms with E-state index in [0.29, 0.717) is 0 Å². The Morgan fingerprint density at radius 3 is 2.94 bits per heavy atom. The van der Waals surface area contributed by atoms with Gasteiger partial charge in [-0.1, -0.05) is 18.5 Å². The third-order valence-electron chi connectivity index (χ3n) is 2.22. The van der Waals surface area contributed by atoms with Crippen molar-refractivity contribution in [2.24, 2.45) is 4.99 Å². The number of hydrogen-bond acceptors (Lipinski definition) is 3. The average molecular weight is 342 g/mol. The van der Waals surface area contributed by atoms with Gasteiger partial charge in [0.2, 0.25) is 0 Å². The summed E-state index contributed by atoms with van der Waals surface area (Å²) in [6.07, 6.45) is 6.59. The molecular weight excluding hydrogens is 331 g/mol. The molecule has 2 heterocycles. The fraction of sp³-hybridized carbons (Fsp3) is 0.300. The quantitative estimate of drug-likeness (QED) is 0.850. The lowest BCUT2D eigenvalue weighted by molar-refractivity contribution is 0.873. The molecule has 2 rings (SSSR count). The molecule has 0 spiro atoms. The largest absolute Gasteiger partial charge is 0.353 e. The maximum absolute atomic E-state index is 6.26. The zero-order valence-corrected chi connectivity index (χ0v) is 12.5. The van der Waals surface area contributed by atoms with Gasteiger partial charge in [0.05, 0.1) is 21.2 Å². The van der Waals surface area contributed by atoms with Gasteiger partial charge in [-0.2, -0.15) is 0 Å². The molecule has 0 saturated heterocycles. The Hall–Kier alpha value is -0.0300. The first-order valence-electron chi connectivity index (χ1n) is 4.65. The molecule has 0 aromatic carbocycles. The van der Waals surface area contributed by atoms with Crippen LogP contribution in [0.1, 0.15) is 23.4 Å². The lowest BCUT2D eigenvalue weighted by atomic mass is 10.1. The van der Waals surface area contributed by atoms with Crippen molar-refractivity contribution < 1.29 is 0 Å². The molecule has 16 heavy (non-hydrogen) atoms. The topological polar surface area (TPSA) is 24.4 Å². The summed E-state index contributed by atoms with van der Waals surface area (Å²) in [6.45, 7) is 2.13. The first-order valence-corrected chi connectivity index (χ1v) is 6.63. The number of nitrogens with zero attached hydrogens (tertiary/aromatic N) is 1. The highest BCUT2D eigenvalue weighted by molar-refractivity contribution is 9.11. The number of halogens is 3. The molecule has 1 aliphatic heterocycles. The van der Waals surface area contributed by atoms with Crippen LogP contribution in [0.2, 0.25) is 5.02 Å². The van der Waals surface area contributed by atoms with Gasteiger partial charge >= 0.3 is 0 Å². The van der Waals surface area contributed by atoms with Crippen LogP contribution in [0.3, 0.4) is 0 Å². The lowest BCUT2D eigenvalue weighted by Crippen LogP contribution is -2.09. The van der Waals surface area contributed by atoms with E-state index in [4.69, 9.17) is 11.6 Å². The van der Waals surface area contributed by atoms with Gasteiger partial charge in [-0.3, -0.25) is 4.99 Å². The minimum absolute atomic E-state index is 0. The molecule has 1 unspecified atom stereocenters. The summed E-state index contributed by atoms with van der Waals surface area (Å²) in [5.41, 5.74) is 1.13. The van der Waals surface area contributed by atoms with Gasteiger partial charge in [0.25, 0.3) is 0 Å². The van der Waals surface area contributed by atoms with E-state index in [1.165, 1.54) is 4.88 Å². The standard InChI is InChI=1S/C10H10BrClN2S.ClH/c1-2-7-8(9(12)10(11)15-7)6-3-4-13-5-14-6;/h3-6H,2H2,1H3,(H,13,14);1H. The second-order valence-electron chi connectivity index (χ2n) is 3.13. The van der Waals surface area contributed by atoms with Crippen molar-refractivity contribution in [2.75, 3.05) is 0 Å². The Balaban J connectivity index is 0.00000128. The van der Waals surface area contributed by atoms with Crippen LogP contribution in [0.4, 0.5) is 0 Å². The fourth-order valence-electron chi connectivity index (χ4n) is 1.53. The Kier molecular flexibility index (Phi) is 5.31. The van der Waals surface area contributed by atoms with Gasteiger partial charge in [0, 0.05) is 16.6 Å². The number of aliphatic imine (C=N–C) groups is 1. The number of aryl methyl sites for hydroxylation is 1. The third-order valence-corrected chi connectivity index (χ3v) is 4.98. The predicted molar refractivity (Wildman–Crippen MR) is 77.2 cm³/mol. The second kappa shape index (κ2) is 6.05. The lowest BCUT2D eigenvalue weighted by Gasteiger charge is -2.12. The van der Waals surface area contributed by atoms with Gasteiger partial charge in [0.1, 0.15) is 0 Å². The summed E-state index contributed by atoms with van der Waals surface area (Å²) in [5.74, 6) is 0. The molecule has 0 bridgehead atoms. The molecule has 1 N–H and O–H groups in total. The zero-order valence-electron chi connectivity index (χ0n) is 8.54. The normalized spacial score (nSPS) is 18.1. The maximum atomic E-state index is 6.26. The molecule has 0 amide bonds. The minimum atomic E-state index is 0. The minimum Gasteiger partial charge on any atom is -0.353 e.